The van der Waals surface area contributed by atoms with Gasteiger partial charge in [0, 0.05) is 47.5 Å². The Kier molecular flexibility index (Phi) is 10.2. The molecule has 0 aliphatic heterocycles. The second-order valence-electron chi connectivity index (χ2n) is 9.52. The van der Waals surface area contributed by atoms with Gasteiger partial charge in [-0.25, -0.2) is 9.97 Å². The fraction of sp³-hybridized carbons (Fsp3) is 0.400. The fourth-order valence-corrected chi connectivity index (χ4v) is 5.76. The molecule has 0 spiro atoms. The lowest BCUT2D eigenvalue weighted by Crippen LogP contribution is -2.16. The van der Waals surface area contributed by atoms with Crippen molar-refractivity contribution in [2.45, 2.75) is 63.2 Å². The number of imidazole rings is 2. The third-order valence-electron chi connectivity index (χ3n) is 7.39. The number of nitrogens with zero attached hydrogens (tertiary/aromatic N) is 2. The monoisotopic (exact) mass is 538 g/mol. The lowest BCUT2D eigenvalue weighted by Gasteiger charge is -2.27. The molecule has 0 fully saturated rings. The smallest absolute Gasteiger partial charge is 0.0923 e. The van der Waals surface area contributed by atoms with Gasteiger partial charge in [0.15, 0.2) is 0 Å². The maximum Gasteiger partial charge on any atom is 0.0923 e. The van der Waals surface area contributed by atoms with Gasteiger partial charge in [-0.2, -0.15) is 0 Å². The first kappa shape index (κ1) is 27.4. The highest BCUT2D eigenvalue weighted by atomic mass is 35.5. The molecule has 4 aromatic rings. The summed E-state index contributed by atoms with van der Waals surface area (Å²) in [6.45, 7) is 5.81. The number of ether oxygens (including phenoxy) is 1. The summed E-state index contributed by atoms with van der Waals surface area (Å²) in [7, 11) is 0. The molecule has 4 rings (SSSR count). The summed E-state index contributed by atoms with van der Waals surface area (Å²) in [5.74, 6) is 1.21. The molecule has 2 N–H and O–H groups in total. The maximum atomic E-state index is 6.27. The number of aromatic nitrogens is 4. The second kappa shape index (κ2) is 13.8. The molecule has 2 aromatic carbocycles. The van der Waals surface area contributed by atoms with Crippen molar-refractivity contribution in [1.82, 2.24) is 19.9 Å². The number of hydrogen-bond acceptors (Lipinski definition) is 3. The molecule has 0 radical (unpaired) electrons. The number of H-pyrrole nitrogens is 2. The Balaban J connectivity index is 1.40. The molecule has 0 aliphatic carbocycles. The molecule has 2 heterocycles. The van der Waals surface area contributed by atoms with E-state index in [2.05, 4.69) is 58.0 Å². The standard InChI is InChI=1S/C30H36Cl2N4O/c1-3-25(21-5-9-23(31)10-6-21)27(29-17-33-19-35-29)13-15-37-16-14-28(30-18-34-20-36-30)26(4-2)22-7-11-24(32)12-8-22/h5-12,17-20,25-28H,3-4,13-16H2,1-2H3,(H,33,35)(H,34,36). The average molecular weight is 540 g/mol. The molecule has 2 aromatic heterocycles. The zero-order valence-corrected chi connectivity index (χ0v) is 23.1. The minimum absolute atomic E-state index is 0.261. The van der Waals surface area contributed by atoms with E-state index in [0.29, 0.717) is 25.0 Å². The Morgan fingerprint density at radius 2 is 1.05 bits per heavy atom. The Labute approximate surface area is 230 Å². The Morgan fingerprint density at radius 1 is 0.649 bits per heavy atom. The van der Waals surface area contributed by atoms with Crippen molar-refractivity contribution in [3.63, 3.8) is 0 Å². The first-order chi connectivity index (χ1) is 18.1. The van der Waals surface area contributed by atoms with Gasteiger partial charge in [0.1, 0.15) is 0 Å². The van der Waals surface area contributed by atoms with E-state index in [1.807, 2.05) is 36.7 Å². The Morgan fingerprint density at radius 3 is 1.38 bits per heavy atom. The van der Waals surface area contributed by atoms with Gasteiger partial charge in [-0.15, -0.1) is 0 Å². The average Bonchev–Trinajstić information content (AvgIpc) is 3.64. The molecular formula is C30H36Cl2N4O. The first-order valence-corrected chi connectivity index (χ1v) is 13.9. The summed E-state index contributed by atoms with van der Waals surface area (Å²) >= 11 is 12.3. The van der Waals surface area contributed by atoms with Crippen LogP contribution in [-0.4, -0.2) is 33.1 Å². The molecule has 4 atom stereocenters. The molecule has 0 saturated carbocycles. The predicted octanol–water partition coefficient (Wildman–Crippen LogP) is 8.49. The van der Waals surface area contributed by atoms with Crippen molar-refractivity contribution in [1.29, 1.82) is 0 Å². The first-order valence-electron chi connectivity index (χ1n) is 13.2. The normalized spacial score (nSPS) is 14.8. The number of aromatic amines is 2. The van der Waals surface area contributed by atoms with Crippen LogP contribution in [0.3, 0.4) is 0 Å². The van der Waals surface area contributed by atoms with Crippen LogP contribution in [0.5, 0.6) is 0 Å². The minimum atomic E-state index is 0.261. The van der Waals surface area contributed by atoms with Crippen LogP contribution in [-0.2, 0) is 4.74 Å². The van der Waals surface area contributed by atoms with Crippen LogP contribution < -0.4 is 0 Å². The molecule has 0 aliphatic rings. The lowest BCUT2D eigenvalue weighted by molar-refractivity contribution is 0.114. The van der Waals surface area contributed by atoms with Gasteiger partial charge in [-0.05, 0) is 72.9 Å². The van der Waals surface area contributed by atoms with Crippen molar-refractivity contribution >= 4 is 23.2 Å². The second-order valence-corrected chi connectivity index (χ2v) is 10.4. The zero-order chi connectivity index (χ0) is 26.0. The predicted molar refractivity (Wildman–Crippen MR) is 152 cm³/mol. The lowest BCUT2D eigenvalue weighted by atomic mass is 9.80. The molecular weight excluding hydrogens is 503 g/mol. The zero-order valence-electron chi connectivity index (χ0n) is 21.5. The summed E-state index contributed by atoms with van der Waals surface area (Å²) in [4.78, 5) is 15.5. The van der Waals surface area contributed by atoms with Crippen LogP contribution >= 0.6 is 23.2 Å². The third-order valence-corrected chi connectivity index (χ3v) is 7.90. The van der Waals surface area contributed by atoms with Gasteiger partial charge in [0.2, 0.25) is 0 Å². The molecule has 196 valence electrons. The molecule has 0 amide bonds. The number of hydrogen-bond donors (Lipinski definition) is 2. The van der Waals surface area contributed by atoms with E-state index < -0.39 is 0 Å². The van der Waals surface area contributed by atoms with Gasteiger partial charge in [-0.1, -0.05) is 61.3 Å². The van der Waals surface area contributed by atoms with Crippen LogP contribution in [0.15, 0.2) is 73.6 Å². The highest BCUT2D eigenvalue weighted by molar-refractivity contribution is 6.30. The van der Waals surface area contributed by atoms with Crippen LogP contribution in [0.2, 0.25) is 10.0 Å². The van der Waals surface area contributed by atoms with E-state index in [0.717, 1.165) is 47.1 Å². The molecule has 37 heavy (non-hydrogen) atoms. The largest absolute Gasteiger partial charge is 0.381 e. The van der Waals surface area contributed by atoms with Crippen molar-refractivity contribution in [3.05, 3.63) is 106 Å². The van der Waals surface area contributed by atoms with Crippen LogP contribution in [0.1, 0.15) is 85.7 Å². The molecule has 7 heteroatoms. The Hall–Kier alpha value is -2.60. The van der Waals surface area contributed by atoms with Crippen LogP contribution in [0.25, 0.3) is 0 Å². The topological polar surface area (TPSA) is 66.6 Å². The number of halogens is 2. The van der Waals surface area contributed by atoms with Gasteiger partial charge in [-0.3, -0.25) is 0 Å². The molecule has 4 unspecified atom stereocenters. The number of nitrogens with one attached hydrogen (secondary N) is 2. The maximum absolute atomic E-state index is 6.27. The number of rotatable bonds is 14. The number of benzene rings is 2. The quantitative estimate of drug-likeness (QED) is 0.158. The van der Waals surface area contributed by atoms with E-state index in [-0.39, 0.29) is 11.8 Å². The Bertz CT molecular complexity index is 1070. The summed E-state index contributed by atoms with van der Waals surface area (Å²) in [6.07, 6.45) is 11.4. The van der Waals surface area contributed by atoms with Gasteiger partial charge >= 0.3 is 0 Å². The van der Waals surface area contributed by atoms with E-state index in [1.165, 1.54) is 11.1 Å². The summed E-state index contributed by atoms with van der Waals surface area (Å²) < 4.78 is 6.27. The highest BCUT2D eigenvalue weighted by Gasteiger charge is 2.27. The summed E-state index contributed by atoms with van der Waals surface area (Å²) in [5.41, 5.74) is 4.72. The van der Waals surface area contributed by atoms with E-state index in [1.54, 1.807) is 12.7 Å². The molecule has 5 nitrogen and oxygen atoms in total. The molecule has 0 bridgehead atoms. The minimum Gasteiger partial charge on any atom is -0.381 e. The summed E-state index contributed by atoms with van der Waals surface area (Å²) in [6, 6.07) is 16.4. The summed E-state index contributed by atoms with van der Waals surface area (Å²) in [5, 5.41) is 1.52. The van der Waals surface area contributed by atoms with Crippen molar-refractivity contribution in [2.24, 2.45) is 0 Å². The SMILES string of the molecule is CCC(c1ccc(Cl)cc1)C(CCOCCC(c1c[nH]cn1)C(CC)c1ccc(Cl)cc1)c1c[nH]cn1. The highest BCUT2D eigenvalue weighted by Crippen LogP contribution is 2.39. The van der Waals surface area contributed by atoms with Crippen molar-refractivity contribution in [2.75, 3.05) is 13.2 Å². The van der Waals surface area contributed by atoms with Gasteiger partial charge in [0.25, 0.3) is 0 Å². The fourth-order valence-electron chi connectivity index (χ4n) is 5.51. The van der Waals surface area contributed by atoms with Gasteiger partial charge in [0.05, 0.1) is 24.0 Å². The third kappa shape index (κ3) is 7.25. The molecule has 0 saturated heterocycles. The van der Waals surface area contributed by atoms with Gasteiger partial charge < -0.3 is 14.7 Å². The van der Waals surface area contributed by atoms with E-state index in [9.17, 15) is 0 Å². The van der Waals surface area contributed by atoms with Crippen molar-refractivity contribution < 1.29 is 4.74 Å². The van der Waals surface area contributed by atoms with Crippen molar-refractivity contribution in [3.8, 4) is 0 Å². The van der Waals surface area contributed by atoms with E-state index in [4.69, 9.17) is 27.9 Å². The van der Waals surface area contributed by atoms with Crippen LogP contribution in [0.4, 0.5) is 0 Å². The van der Waals surface area contributed by atoms with E-state index >= 15 is 0 Å². The van der Waals surface area contributed by atoms with Crippen LogP contribution in [0, 0.1) is 0 Å².